The lowest BCUT2D eigenvalue weighted by atomic mass is 10.1. The van der Waals surface area contributed by atoms with Crippen LogP contribution in [0.25, 0.3) is 0 Å². The summed E-state index contributed by atoms with van der Waals surface area (Å²) < 4.78 is 26.4. The molecule has 0 aromatic heterocycles. The molecule has 0 aliphatic carbocycles. The Morgan fingerprint density at radius 1 is 1.30 bits per heavy atom. The maximum Gasteiger partial charge on any atom is 0.241 e. The lowest BCUT2D eigenvalue weighted by Crippen LogP contribution is -2.39. The molecule has 0 saturated carbocycles. The summed E-state index contributed by atoms with van der Waals surface area (Å²) in [5.41, 5.74) is 6.45. The Bertz CT molecular complexity index is 568. The van der Waals surface area contributed by atoms with Gasteiger partial charge in [0.25, 0.3) is 0 Å². The first-order chi connectivity index (χ1) is 9.22. The molecule has 112 valence electrons. The molecule has 0 radical (unpaired) electrons. The smallest absolute Gasteiger partial charge is 0.241 e. The van der Waals surface area contributed by atoms with E-state index in [0.717, 1.165) is 5.56 Å². The summed E-state index contributed by atoms with van der Waals surface area (Å²) in [5, 5.41) is 2.61. The maximum atomic E-state index is 12.1. The summed E-state index contributed by atoms with van der Waals surface area (Å²) in [6.07, 6.45) is 0. The van der Waals surface area contributed by atoms with E-state index in [2.05, 4.69) is 10.0 Å². The molecule has 0 bridgehead atoms. The van der Waals surface area contributed by atoms with Crippen molar-refractivity contribution in [2.45, 2.75) is 37.8 Å². The van der Waals surface area contributed by atoms with E-state index in [1.54, 1.807) is 32.9 Å². The van der Waals surface area contributed by atoms with E-state index in [1.165, 1.54) is 12.1 Å². The summed E-state index contributed by atoms with van der Waals surface area (Å²) in [7, 11) is -3.71. The number of sulfonamides is 1. The number of nitrogens with one attached hydrogen (secondary N) is 2. The van der Waals surface area contributed by atoms with E-state index >= 15 is 0 Å². The quantitative estimate of drug-likeness (QED) is 0.712. The second-order valence-corrected chi connectivity index (χ2v) is 6.67. The highest BCUT2D eigenvalue weighted by atomic mass is 32.2. The maximum absolute atomic E-state index is 12.1. The molecular formula is C13H21N3O3S. The van der Waals surface area contributed by atoms with Crippen molar-refractivity contribution in [3.63, 3.8) is 0 Å². The van der Waals surface area contributed by atoms with Gasteiger partial charge in [-0.15, -0.1) is 0 Å². The molecule has 0 aliphatic rings. The minimum absolute atomic E-state index is 0.0339. The lowest BCUT2D eigenvalue weighted by molar-refractivity contribution is -0.120. The third-order valence-corrected chi connectivity index (χ3v) is 3.97. The van der Waals surface area contributed by atoms with Crippen molar-refractivity contribution in [1.29, 1.82) is 0 Å². The van der Waals surface area contributed by atoms with Gasteiger partial charge in [0.05, 0.1) is 11.4 Å². The molecule has 0 aliphatic heterocycles. The van der Waals surface area contributed by atoms with Crippen LogP contribution in [0, 0.1) is 0 Å². The summed E-state index contributed by atoms with van der Waals surface area (Å²) >= 11 is 0. The lowest BCUT2D eigenvalue weighted by Gasteiger charge is -2.11. The largest absolute Gasteiger partial charge is 0.353 e. The van der Waals surface area contributed by atoms with Crippen molar-refractivity contribution in [3.8, 4) is 0 Å². The van der Waals surface area contributed by atoms with Crippen LogP contribution in [0.3, 0.4) is 0 Å². The topological polar surface area (TPSA) is 101 Å². The molecule has 7 heteroatoms. The number of hydrogen-bond donors (Lipinski definition) is 3. The highest BCUT2D eigenvalue weighted by molar-refractivity contribution is 7.89. The summed E-state index contributed by atoms with van der Waals surface area (Å²) in [6.45, 7) is 5.09. The molecule has 1 rings (SSSR count). The zero-order valence-corrected chi connectivity index (χ0v) is 12.7. The van der Waals surface area contributed by atoms with Crippen LogP contribution < -0.4 is 15.8 Å². The van der Waals surface area contributed by atoms with Crippen molar-refractivity contribution in [2.24, 2.45) is 5.73 Å². The fourth-order valence-electron chi connectivity index (χ4n) is 1.58. The molecule has 0 saturated heterocycles. The number of nitrogens with two attached hydrogens (primary N) is 1. The van der Waals surface area contributed by atoms with Gasteiger partial charge in [-0.1, -0.05) is 12.1 Å². The Labute approximate surface area is 119 Å². The number of carbonyl (C=O) groups is 1. The molecule has 6 nitrogen and oxygen atoms in total. The van der Waals surface area contributed by atoms with E-state index in [4.69, 9.17) is 5.73 Å². The minimum Gasteiger partial charge on any atom is -0.353 e. The molecule has 1 unspecified atom stereocenters. The van der Waals surface area contributed by atoms with E-state index in [0.29, 0.717) is 0 Å². The normalized spacial score (nSPS) is 13.2. The predicted octanol–water partition coefficient (Wildman–Crippen LogP) is 0.509. The monoisotopic (exact) mass is 299 g/mol. The molecule has 1 aromatic carbocycles. The van der Waals surface area contributed by atoms with Gasteiger partial charge < -0.3 is 11.1 Å². The molecule has 0 heterocycles. The molecule has 1 amide bonds. The molecule has 1 atom stereocenters. The number of rotatable bonds is 6. The van der Waals surface area contributed by atoms with Gasteiger partial charge in [-0.25, -0.2) is 13.1 Å². The first kappa shape index (κ1) is 16.6. The number of hydrogen-bond acceptors (Lipinski definition) is 4. The second kappa shape index (κ2) is 6.83. The summed E-state index contributed by atoms with van der Waals surface area (Å²) in [5.74, 6) is -0.369. The van der Waals surface area contributed by atoms with Crippen LogP contribution >= 0.6 is 0 Å². The highest BCUT2D eigenvalue weighted by Crippen LogP contribution is 2.15. The fraction of sp³-hybridized carbons (Fsp3) is 0.462. The van der Waals surface area contributed by atoms with E-state index < -0.39 is 10.0 Å². The van der Waals surface area contributed by atoms with Gasteiger partial charge >= 0.3 is 0 Å². The van der Waals surface area contributed by atoms with Crippen LogP contribution in [-0.4, -0.2) is 26.9 Å². The molecule has 0 spiro atoms. The zero-order valence-electron chi connectivity index (χ0n) is 11.9. The van der Waals surface area contributed by atoms with Crippen LogP contribution in [0.2, 0.25) is 0 Å². The van der Waals surface area contributed by atoms with E-state index in [1.807, 2.05) is 0 Å². The molecule has 4 N–H and O–H groups in total. The molecule has 1 aromatic rings. The van der Waals surface area contributed by atoms with Gasteiger partial charge in [-0.05, 0) is 38.5 Å². The van der Waals surface area contributed by atoms with Crippen LogP contribution in [0.4, 0.5) is 0 Å². The van der Waals surface area contributed by atoms with Crippen LogP contribution in [0.15, 0.2) is 29.2 Å². The van der Waals surface area contributed by atoms with Crippen LogP contribution in [0.5, 0.6) is 0 Å². The van der Waals surface area contributed by atoms with Gasteiger partial charge in [0.1, 0.15) is 0 Å². The predicted molar refractivity (Wildman–Crippen MR) is 77.5 cm³/mol. The average Bonchev–Trinajstić information content (AvgIpc) is 2.36. The van der Waals surface area contributed by atoms with Crippen molar-refractivity contribution < 1.29 is 13.2 Å². The summed E-state index contributed by atoms with van der Waals surface area (Å²) in [6, 6.07) is 6.07. The Hall–Kier alpha value is -1.44. The van der Waals surface area contributed by atoms with Crippen molar-refractivity contribution >= 4 is 15.9 Å². The molecule has 0 fully saturated rings. The third-order valence-electron chi connectivity index (χ3n) is 2.57. The Morgan fingerprint density at radius 2 is 1.95 bits per heavy atom. The molecular weight excluding hydrogens is 278 g/mol. The number of amides is 1. The third kappa shape index (κ3) is 4.92. The van der Waals surface area contributed by atoms with Gasteiger partial charge in [-0.2, -0.15) is 0 Å². The molecule has 20 heavy (non-hydrogen) atoms. The number of benzene rings is 1. The van der Waals surface area contributed by atoms with Crippen LogP contribution in [-0.2, 0) is 14.8 Å². The van der Waals surface area contributed by atoms with Crippen molar-refractivity contribution in [3.05, 3.63) is 29.8 Å². The SMILES string of the molecule is CC(C)NC(=O)CNS(=O)(=O)c1cccc(C(C)N)c1. The highest BCUT2D eigenvalue weighted by Gasteiger charge is 2.16. The average molecular weight is 299 g/mol. The first-order valence-corrected chi connectivity index (χ1v) is 7.85. The van der Waals surface area contributed by atoms with E-state index in [-0.39, 0.29) is 29.4 Å². The Kier molecular flexibility index (Phi) is 5.67. The number of carbonyl (C=O) groups excluding carboxylic acids is 1. The van der Waals surface area contributed by atoms with Gasteiger partial charge in [0.2, 0.25) is 15.9 Å². The van der Waals surface area contributed by atoms with Crippen LogP contribution in [0.1, 0.15) is 32.4 Å². The van der Waals surface area contributed by atoms with E-state index in [9.17, 15) is 13.2 Å². The van der Waals surface area contributed by atoms with Crippen molar-refractivity contribution in [2.75, 3.05) is 6.54 Å². The van der Waals surface area contributed by atoms with Crippen molar-refractivity contribution in [1.82, 2.24) is 10.0 Å². The standard InChI is InChI=1S/C13H21N3O3S/c1-9(2)16-13(17)8-15-20(18,19)12-6-4-5-11(7-12)10(3)14/h4-7,9-10,15H,8,14H2,1-3H3,(H,16,17). The second-order valence-electron chi connectivity index (χ2n) is 4.91. The van der Waals surface area contributed by atoms with Gasteiger partial charge in [-0.3, -0.25) is 4.79 Å². The first-order valence-electron chi connectivity index (χ1n) is 6.37. The van der Waals surface area contributed by atoms with Gasteiger partial charge in [0.15, 0.2) is 0 Å². The summed E-state index contributed by atoms with van der Waals surface area (Å²) in [4.78, 5) is 11.6. The Balaban J connectivity index is 2.79. The zero-order chi connectivity index (χ0) is 15.3. The fourth-order valence-corrected chi connectivity index (χ4v) is 2.62. The minimum atomic E-state index is -3.71. The Morgan fingerprint density at radius 3 is 2.50 bits per heavy atom. The van der Waals surface area contributed by atoms with Gasteiger partial charge in [0, 0.05) is 12.1 Å².